The van der Waals surface area contributed by atoms with Gasteiger partial charge >= 0.3 is 0 Å². The summed E-state index contributed by atoms with van der Waals surface area (Å²) < 4.78 is 2.00. The first-order valence-corrected chi connectivity index (χ1v) is 7.86. The van der Waals surface area contributed by atoms with Crippen molar-refractivity contribution in [3.8, 4) is 0 Å². The number of nitrogens with zero attached hydrogens (tertiary/aromatic N) is 2. The van der Waals surface area contributed by atoms with Crippen molar-refractivity contribution in [3.63, 3.8) is 0 Å². The Hall–Kier alpha value is -1.77. The molecule has 1 aliphatic rings. The normalized spacial score (nSPS) is 20.3. The van der Waals surface area contributed by atoms with Crippen molar-refractivity contribution in [3.05, 3.63) is 47.8 Å². The number of aryl methyl sites for hydroxylation is 1. The zero-order valence-corrected chi connectivity index (χ0v) is 13.4. The van der Waals surface area contributed by atoms with E-state index in [0.29, 0.717) is 12.1 Å². The van der Waals surface area contributed by atoms with Gasteiger partial charge in [0.1, 0.15) is 0 Å². The smallest absolute Gasteiger partial charge is 0.0731 e. The number of benzene rings is 1. The summed E-state index contributed by atoms with van der Waals surface area (Å²) in [6.45, 7) is 9.01. The van der Waals surface area contributed by atoms with Gasteiger partial charge in [0.25, 0.3) is 0 Å². The van der Waals surface area contributed by atoms with E-state index < -0.39 is 0 Å². The lowest BCUT2D eigenvalue weighted by atomic mass is 9.70. The first kappa shape index (κ1) is 14.2. The second kappa shape index (κ2) is 5.21. The predicted molar refractivity (Wildman–Crippen MR) is 87.5 cm³/mol. The van der Waals surface area contributed by atoms with Crippen LogP contribution in [0.2, 0.25) is 0 Å². The summed E-state index contributed by atoms with van der Waals surface area (Å²) in [5, 5.41) is 8.16. The highest BCUT2D eigenvalue weighted by Crippen LogP contribution is 2.45. The Morgan fingerprint density at radius 1 is 1.29 bits per heavy atom. The zero-order valence-electron chi connectivity index (χ0n) is 13.4. The van der Waals surface area contributed by atoms with Gasteiger partial charge in [-0.15, -0.1) is 0 Å². The molecule has 0 radical (unpaired) electrons. The van der Waals surface area contributed by atoms with Crippen LogP contribution in [0, 0.1) is 5.41 Å². The molecule has 3 rings (SSSR count). The molecule has 0 bridgehead atoms. The van der Waals surface area contributed by atoms with Gasteiger partial charge in [0.05, 0.1) is 17.9 Å². The molecule has 0 amide bonds. The Morgan fingerprint density at radius 2 is 2.05 bits per heavy atom. The summed E-state index contributed by atoms with van der Waals surface area (Å²) >= 11 is 0. The second-order valence-corrected chi connectivity index (χ2v) is 7.07. The van der Waals surface area contributed by atoms with E-state index in [1.54, 1.807) is 0 Å². The lowest BCUT2D eigenvalue weighted by molar-refractivity contribution is 0.265. The molecule has 1 unspecified atom stereocenters. The molecule has 0 fully saturated rings. The van der Waals surface area contributed by atoms with Gasteiger partial charge in [-0.1, -0.05) is 38.1 Å². The van der Waals surface area contributed by atoms with Crippen LogP contribution in [-0.4, -0.2) is 9.78 Å². The number of hydrogen-bond acceptors (Lipinski definition) is 2. The summed E-state index contributed by atoms with van der Waals surface area (Å²) in [4.78, 5) is 0. The van der Waals surface area contributed by atoms with Gasteiger partial charge in [-0.3, -0.25) is 4.68 Å². The van der Waals surface area contributed by atoms with Crippen LogP contribution in [0.15, 0.2) is 36.7 Å². The molecular weight excluding hydrogens is 258 g/mol. The lowest BCUT2D eigenvalue weighted by Gasteiger charge is -2.40. The molecule has 1 N–H and O–H groups in total. The fraction of sp³-hybridized carbons (Fsp3) is 0.500. The Bertz CT molecular complexity index is 625. The molecule has 0 aliphatic heterocycles. The van der Waals surface area contributed by atoms with Crippen LogP contribution in [0.5, 0.6) is 0 Å². The van der Waals surface area contributed by atoms with E-state index in [1.807, 2.05) is 10.9 Å². The van der Waals surface area contributed by atoms with Gasteiger partial charge < -0.3 is 5.32 Å². The van der Waals surface area contributed by atoms with Crippen molar-refractivity contribution in [2.75, 3.05) is 5.32 Å². The van der Waals surface area contributed by atoms with E-state index in [2.05, 4.69) is 68.6 Å². The highest BCUT2D eigenvalue weighted by Gasteiger charge is 2.35. The average Bonchev–Trinajstić information content (AvgIpc) is 2.91. The van der Waals surface area contributed by atoms with Gasteiger partial charge in [0.15, 0.2) is 0 Å². The molecule has 2 aromatic rings. The molecule has 0 saturated carbocycles. The molecule has 1 heterocycles. The maximum atomic E-state index is 4.44. The summed E-state index contributed by atoms with van der Waals surface area (Å²) in [5.74, 6) is 0. The molecule has 1 aromatic heterocycles. The number of anilines is 1. The third-order valence-electron chi connectivity index (χ3n) is 4.63. The average molecular weight is 283 g/mol. The summed E-state index contributed by atoms with van der Waals surface area (Å²) in [5.41, 5.74) is 4.27. The highest BCUT2D eigenvalue weighted by molar-refractivity contribution is 5.46. The number of hydrogen-bond donors (Lipinski definition) is 1. The van der Waals surface area contributed by atoms with Gasteiger partial charge in [-0.05, 0) is 43.2 Å². The highest BCUT2D eigenvalue weighted by atomic mass is 15.3. The quantitative estimate of drug-likeness (QED) is 0.893. The minimum Gasteiger partial charge on any atom is -0.375 e. The summed E-state index contributed by atoms with van der Waals surface area (Å²) in [7, 11) is 0. The Morgan fingerprint density at radius 3 is 2.76 bits per heavy atom. The fourth-order valence-corrected chi connectivity index (χ4v) is 3.20. The molecule has 3 heteroatoms. The van der Waals surface area contributed by atoms with Crippen molar-refractivity contribution >= 4 is 5.69 Å². The van der Waals surface area contributed by atoms with Crippen molar-refractivity contribution < 1.29 is 0 Å². The maximum absolute atomic E-state index is 4.44. The van der Waals surface area contributed by atoms with Gasteiger partial charge in [0.2, 0.25) is 0 Å². The van der Waals surface area contributed by atoms with Crippen LogP contribution in [-0.2, 0) is 6.42 Å². The van der Waals surface area contributed by atoms with E-state index >= 15 is 0 Å². The number of rotatable bonds is 3. The molecule has 0 spiro atoms. The molecule has 3 nitrogen and oxygen atoms in total. The minimum atomic E-state index is 0.244. The van der Waals surface area contributed by atoms with Gasteiger partial charge in [-0.25, -0.2) is 0 Å². The van der Waals surface area contributed by atoms with Crippen LogP contribution < -0.4 is 5.32 Å². The van der Waals surface area contributed by atoms with Crippen molar-refractivity contribution in [2.24, 2.45) is 5.41 Å². The molecule has 1 atom stereocenters. The third-order valence-corrected chi connectivity index (χ3v) is 4.63. The second-order valence-electron chi connectivity index (χ2n) is 7.07. The monoisotopic (exact) mass is 283 g/mol. The van der Waals surface area contributed by atoms with Gasteiger partial charge in [-0.2, -0.15) is 5.10 Å². The molecule has 21 heavy (non-hydrogen) atoms. The van der Waals surface area contributed by atoms with E-state index in [-0.39, 0.29) is 5.41 Å². The molecular formula is C18H25N3. The largest absolute Gasteiger partial charge is 0.375 e. The van der Waals surface area contributed by atoms with E-state index in [4.69, 9.17) is 0 Å². The topological polar surface area (TPSA) is 29.9 Å². The Balaban J connectivity index is 1.91. The lowest BCUT2D eigenvalue weighted by Crippen LogP contribution is -2.33. The number of nitrogens with one attached hydrogen (secondary N) is 1. The van der Waals surface area contributed by atoms with E-state index in [0.717, 1.165) is 5.69 Å². The molecule has 1 aromatic carbocycles. The van der Waals surface area contributed by atoms with Crippen LogP contribution >= 0.6 is 0 Å². The SMILES string of the molecule is CC(C)n1cc(NC2c3ccccc3CCC2(C)C)cn1. The number of fused-ring (bicyclic) bond motifs is 1. The predicted octanol–water partition coefficient (Wildman–Crippen LogP) is 4.59. The van der Waals surface area contributed by atoms with E-state index in [9.17, 15) is 0 Å². The number of aromatic nitrogens is 2. The maximum Gasteiger partial charge on any atom is 0.0731 e. The fourth-order valence-electron chi connectivity index (χ4n) is 3.20. The summed E-state index contributed by atoms with van der Waals surface area (Å²) in [6.07, 6.45) is 6.43. The summed E-state index contributed by atoms with van der Waals surface area (Å²) in [6, 6.07) is 9.55. The third kappa shape index (κ3) is 2.69. The Kier molecular flexibility index (Phi) is 3.52. The molecule has 1 aliphatic carbocycles. The van der Waals surface area contributed by atoms with Crippen molar-refractivity contribution in [1.82, 2.24) is 9.78 Å². The first-order valence-electron chi connectivity index (χ1n) is 7.86. The van der Waals surface area contributed by atoms with Gasteiger partial charge in [0, 0.05) is 12.2 Å². The molecule has 0 saturated heterocycles. The van der Waals surface area contributed by atoms with Crippen LogP contribution in [0.1, 0.15) is 57.3 Å². The minimum absolute atomic E-state index is 0.244. The zero-order chi connectivity index (χ0) is 15.0. The van der Waals surface area contributed by atoms with E-state index in [1.165, 1.54) is 24.0 Å². The van der Waals surface area contributed by atoms with Crippen molar-refractivity contribution in [2.45, 2.75) is 52.6 Å². The van der Waals surface area contributed by atoms with Crippen LogP contribution in [0.3, 0.4) is 0 Å². The molecule has 112 valence electrons. The van der Waals surface area contributed by atoms with Crippen molar-refractivity contribution in [1.29, 1.82) is 0 Å². The van der Waals surface area contributed by atoms with Crippen LogP contribution in [0.25, 0.3) is 0 Å². The first-order chi connectivity index (χ1) is 9.97. The standard InChI is InChI=1S/C18H25N3/c1-13(2)21-12-15(11-19-21)20-17-16-8-6-5-7-14(16)9-10-18(17,3)4/h5-8,11-13,17,20H,9-10H2,1-4H3. The van der Waals surface area contributed by atoms with Crippen LogP contribution in [0.4, 0.5) is 5.69 Å². The Labute approximate surface area is 127 Å².